The summed E-state index contributed by atoms with van der Waals surface area (Å²) in [5.41, 5.74) is 0.888. The Hall–Kier alpha value is -3.63. The van der Waals surface area contributed by atoms with Crippen molar-refractivity contribution in [1.82, 2.24) is 30.3 Å². The van der Waals surface area contributed by atoms with E-state index in [4.69, 9.17) is 0 Å². The fourth-order valence-electron chi connectivity index (χ4n) is 3.39. The molecule has 0 spiro atoms. The largest absolute Gasteiger partial charge is 0.337 e. The molecule has 9 nitrogen and oxygen atoms in total. The van der Waals surface area contributed by atoms with Crippen LogP contribution in [-0.4, -0.2) is 49.9 Å². The Morgan fingerprint density at radius 1 is 1.33 bits per heavy atom. The Balaban J connectivity index is 1.45. The number of halogens is 2. The maximum atomic E-state index is 13.8. The molecule has 2 amide bonds. The van der Waals surface area contributed by atoms with E-state index >= 15 is 0 Å². The summed E-state index contributed by atoms with van der Waals surface area (Å²) in [4.78, 5) is 29.5. The number of hydrogen-bond acceptors (Lipinski definition) is 5. The SMILES string of the molecule is Cc1cc2n(n1)CC[C@H](NC(=O)c1nnc(Cc3cccc(F)c3F)[nH]1)C(=O)N2C. The summed E-state index contributed by atoms with van der Waals surface area (Å²) in [5.74, 6) is -2.08. The number of fused-ring (bicyclic) bond motifs is 1. The van der Waals surface area contributed by atoms with E-state index in [1.165, 1.54) is 17.0 Å². The lowest BCUT2D eigenvalue weighted by atomic mass is 10.1. The van der Waals surface area contributed by atoms with Crippen LogP contribution in [0.25, 0.3) is 0 Å². The zero-order valence-electron chi connectivity index (χ0n) is 16.3. The Morgan fingerprint density at radius 3 is 2.93 bits per heavy atom. The van der Waals surface area contributed by atoms with Crippen molar-refractivity contribution in [3.8, 4) is 0 Å². The van der Waals surface area contributed by atoms with Crippen molar-refractivity contribution < 1.29 is 18.4 Å². The molecule has 0 aliphatic carbocycles. The number of likely N-dealkylation sites (N-methyl/N-ethyl adjacent to an activating group) is 1. The molecule has 0 radical (unpaired) electrons. The van der Waals surface area contributed by atoms with Gasteiger partial charge in [-0.3, -0.25) is 14.5 Å². The van der Waals surface area contributed by atoms with E-state index in [1.807, 2.05) is 6.92 Å². The van der Waals surface area contributed by atoms with Crippen molar-refractivity contribution in [2.24, 2.45) is 0 Å². The highest BCUT2D eigenvalue weighted by Gasteiger charge is 2.31. The summed E-state index contributed by atoms with van der Waals surface area (Å²) in [6.45, 7) is 2.31. The lowest BCUT2D eigenvalue weighted by Gasteiger charge is -2.19. The summed E-state index contributed by atoms with van der Waals surface area (Å²) >= 11 is 0. The molecular formula is C19H19F2N7O2. The maximum Gasteiger partial charge on any atom is 0.289 e. The Kier molecular flexibility index (Phi) is 5.02. The fraction of sp³-hybridized carbons (Fsp3) is 0.316. The summed E-state index contributed by atoms with van der Waals surface area (Å²) in [5, 5.41) is 14.6. The molecule has 11 heteroatoms. The van der Waals surface area contributed by atoms with E-state index in [2.05, 4.69) is 25.6 Å². The van der Waals surface area contributed by atoms with Crippen LogP contribution in [-0.2, 0) is 17.8 Å². The zero-order valence-corrected chi connectivity index (χ0v) is 16.3. The van der Waals surface area contributed by atoms with Crippen LogP contribution in [0.15, 0.2) is 24.3 Å². The van der Waals surface area contributed by atoms with Gasteiger partial charge in [-0.15, -0.1) is 10.2 Å². The van der Waals surface area contributed by atoms with Gasteiger partial charge in [-0.2, -0.15) is 5.10 Å². The first-order chi connectivity index (χ1) is 14.3. The minimum absolute atomic E-state index is 0.0601. The molecule has 30 heavy (non-hydrogen) atoms. The van der Waals surface area contributed by atoms with Gasteiger partial charge in [0.15, 0.2) is 11.6 Å². The summed E-state index contributed by atoms with van der Waals surface area (Å²) in [7, 11) is 1.62. The topological polar surface area (TPSA) is 109 Å². The average molecular weight is 415 g/mol. The third-order valence-electron chi connectivity index (χ3n) is 4.93. The third-order valence-corrected chi connectivity index (χ3v) is 4.93. The number of carbonyl (C=O) groups is 2. The number of nitrogens with one attached hydrogen (secondary N) is 2. The average Bonchev–Trinajstić information content (AvgIpc) is 3.31. The lowest BCUT2D eigenvalue weighted by Crippen LogP contribution is -2.47. The number of aromatic amines is 1. The van der Waals surface area contributed by atoms with E-state index in [0.29, 0.717) is 18.8 Å². The normalized spacial score (nSPS) is 16.3. The second-order valence-corrected chi connectivity index (χ2v) is 7.09. The first kappa shape index (κ1) is 19.7. The minimum atomic E-state index is -0.972. The molecule has 0 saturated carbocycles. The number of amides is 2. The first-order valence-corrected chi connectivity index (χ1v) is 9.31. The molecule has 1 aliphatic rings. The van der Waals surface area contributed by atoms with Crippen LogP contribution in [0.1, 0.15) is 34.1 Å². The molecule has 1 aliphatic heterocycles. The standard InChI is InChI=1S/C19H19F2N7O2/c1-10-8-15-27(2)19(30)13(6-7-28(15)26-10)22-18(29)17-23-14(24-25-17)9-11-4-3-5-12(20)16(11)21/h3-5,8,13H,6-7,9H2,1-2H3,(H,22,29)(H,23,24,25)/t13-/m0/s1. The van der Waals surface area contributed by atoms with Crippen LogP contribution in [0, 0.1) is 18.6 Å². The van der Waals surface area contributed by atoms with Gasteiger partial charge in [0.1, 0.15) is 17.7 Å². The smallest absolute Gasteiger partial charge is 0.289 e. The van der Waals surface area contributed by atoms with Gasteiger partial charge >= 0.3 is 0 Å². The van der Waals surface area contributed by atoms with Crippen LogP contribution in [0.3, 0.4) is 0 Å². The predicted molar refractivity (Wildman–Crippen MR) is 102 cm³/mol. The van der Waals surface area contributed by atoms with Crippen LogP contribution >= 0.6 is 0 Å². The van der Waals surface area contributed by atoms with E-state index in [-0.39, 0.29) is 29.5 Å². The quantitative estimate of drug-likeness (QED) is 0.669. The van der Waals surface area contributed by atoms with Gasteiger partial charge in [-0.05, 0) is 25.0 Å². The Morgan fingerprint density at radius 2 is 2.13 bits per heavy atom. The van der Waals surface area contributed by atoms with Crippen molar-refractivity contribution in [2.75, 3.05) is 11.9 Å². The van der Waals surface area contributed by atoms with Gasteiger partial charge in [0.05, 0.1) is 5.69 Å². The van der Waals surface area contributed by atoms with Crippen molar-refractivity contribution >= 4 is 17.6 Å². The Labute approximate surface area is 170 Å². The van der Waals surface area contributed by atoms with Crippen molar-refractivity contribution in [3.63, 3.8) is 0 Å². The molecule has 2 N–H and O–H groups in total. The Bertz CT molecular complexity index is 1120. The highest BCUT2D eigenvalue weighted by atomic mass is 19.2. The van der Waals surface area contributed by atoms with Gasteiger partial charge in [0.25, 0.3) is 11.8 Å². The van der Waals surface area contributed by atoms with Crippen molar-refractivity contribution in [1.29, 1.82) is 0 Å². The second kappa shape index (κ2) is 7.65. The number of aryl methyl sites for hydroxylation is 2. The number of nitrogens with zero attached hydrogens (tertiary/aromatic N) is 5. The monoisotopic (exact) mass is 415 g/mol. The molecule has 1 aromatic carbocycles. The minimum Gasteiger partial charge on any atom is -0.337 e. The molecule has 0 saturated heterocycles. The van der Waals surface area contributed by atoms with Gasteiger partial charge in [0, 0.05) is 26.1 Å². The maximum absolute atomic E-state index is 13.8. The molecule has 0 unspecified atom stereocenters. The van der Waals surface area contributed by atoms with Gasteiger partial charge < -0.3 is 10.3 Å². The van der Waals surface area contributed by atoms with E-state index in [0.717, 1.165) is 11.8 Å². The van der Waals surface area contributed by atoms with Gasteiger partial charge in [0.2, 0.25) is 5.82 Å². The molecular weight excluding hydrogens is 396 g/mol. The number of rotatable bonds is 4. The molecule has 0 fully saturated rings. The molecule has 3 heterocycles. The number of aromatic nitrogens is 5. The summed E-state index contributed by atoms with van der Waals surface area (Å²) in [6, 6.07) is 4.87. The summed E-state index contributed by atoms with van der Waals surface area (Å²) in [6.07, 6.45) is 0.300. The third kappa shape index (κ3) is 3.65. The summed E-state index contributed by atoms with van der Waals surface area (Å²) < 4.78 is 28.9. The van der Waals surface area contributed by atoms with E-state index < -0.39 is 23.6 Å². The number of benzene rings is 1. The predicted octanol–water partition coefficient (Wildman–Crippen LogP) is 1.34. The van der Waals surface area contributed by atoms with Crippen LogP contribution in [0.2, 0.25) is 0 Å². The fourth-order valence-corrected chi connectivity index (χ4v) is 3.39. The lowest BCUT2D eigenvalue weighted by molar-refractivity contribution is -0.120. The number of carbonyl (C=O) groups excluding carboxylic acids is 2. The number of H-pyrrole nitrogens is 1. The second-order valence-electron chi connectivity index (χ2n) is 7.09. The molecule has 3 aromatic rings. The van der Waals surface area contributed by atoms with E-state index in [9.17, 15) is 18.4 Å². The molecule has 0 bridgehead atoms. The number of anilines is 1. The zero-order chi connectivity index (χ0) is 21.4. The van der Waals surface area contributed by atoms with Crippen molar-refractivity contribution in [2.45, 2.75) is 32.4 Å². The molecule has 1 atom stereocenters. The van der Waals surface area contributed by atoms with Crippen LogP contribution in [0.4, 0.5) is 14.6 Å². The van der Waals surface area contributed by atoms with Gasteiger partial charge in [-0.1, -0.05) is 12.1 Å². The molecule has 4 rings (SSSR count). The molecule has 2 aromatic heterocycles. The highest BCUT2D eigenvalue weighted by Crippen LogP contribution is 2.21. The van der Waals surface area contributed by atoms with Crippen LogP contribution in [0.5, 0.6) is 0 Å². The highest BCUT2D eigenvalue weighted by molar-refractivity contribution is 6.00. The molecule has 156 valence electrons. The first-order valence-electron chi connectivity index (χ1n) is 9.31. The number of hydrogen-bond donors (Lipinski definition) is 2. The van der Waals surface area contributed by atoms with Gasteiger partial charge in [-0.25, -0.2) is 13.5 Å². The van der Waals surface area contributed by atoms with Crippen molar-refractivity contribution in [3.05, 3.63) is 58.8 Å². The van der Waals surface area contributed by atoms with E-state index in [1.54, 1.807) is 17.8 Å². The van der Waals surface area contributed by atoms with Crippen LogP contribution < -0.4 is 10.2 Å².